The van der Waals surface area contributed by atoms with Crippen molar-refractivity contribution in [3.8, 4) is 5.75 Å². The summed E-state index contributed by atoms with van der Waals surface area (Å²) < 4.78 is 5.30. The zero-order valence-electron chi connectivity index (χ0n) is 14.7. The van der Waals surface area contributed by atoms with Gasteiger partial charge in [-0.05, 0) is 30.2 Å². The Morgan fingerprint density at radius 2 is 1.96 bits per heavy atom. The number of hydrogen-bond acceptors (Lipinski definition) is 3. The molecule has 1 aliphatic rings. The van der Waals surface area contributed by atoms with Gasteiger partial charge in [-0.1, -0.05) is 41.9 Å². The SMILES string of the molecule is COc1ccc(Cl)cc1NC(=O)C1CCC(=O)N(C)C1c1ccccc1. The number of nitrogens with zero attached hydrogens (tertiary/aromatic N) is 1. The van der Waals surface area contributed by atoms with Crippen molar-refractivity contribution in [1.82, 2.24) is 4.90 Å². The van der Waals surface area contributed by atoms with Crippen LogP contribution in [-0.2, 0) is 9.59 Å². The summed E-state index contributed by atoms with van der Waals surface area (Å²) in [7, 11) is 3.29. The van der Waals surface area contributed by atoms with Crippen molar-refractivity contribution < 1.29 is 14.3 Å². The van der Waals surface area contributed by atoms with E-state index in [0.29, 0.717) is 29.3 Å². The lowest BCUT2D eigenvalue weighted by Crippen LogP contribution is -2.44. The second-order valence-electron chi connectivity index (χ2n) is 6.34. The molecule has 1 N–H and O–H groups in total. The van der Waals surface area contributed by atoms with Gasteiger partial charge in [0, 0.05) is 18.5 Å². The number of halogens is 1. The standard InChI is InChI=1S/C20H21ClN2O3/c1-23-18(24)11-9-15(19(23)13-6-4-3-5-7-13)20(25)22-16-12-14(21)8-10-17(16)26-2/h3-8,10,12,15,19H,9,11H2,1-2H3,(H,22,25). The van der Waals surface area contributed by atoms with E-state index in [1.54, 1.807) is 37.3 Å². The van der Waals surface area contributed by atoms with Gasteiger partial charge in [0.1, 0.15) is 5.75 Å². The largest absolute Gasteiger partial charge is 0.495 e. The first kappa shape index (κ1) is 18.3. The van der Waals surface area contributed by atoms with Gasteiger partial charge >= 0.3 is 0 Å². The van der Waals surface area contributed by atoms with Gasteiger partial charge in [0.2, 0.25) is 11.8 Å². The summed E-state index contributed by atoms with van der Waals surface area (Å²) in [6, 6.07) is 14.4. The third-order valence-electron chi connectivity index (χ3n) is 4.76. The van der Waals surface area contributed by atoms with Crippen LogP contribution in [0.3, 0.4) is 0 Å². The van der Waals surface area contributed by atoms with Crippen LogP contribution in [-0.4, -0.2) is 30.9 Å². The van der Waals surface area contributed by atoms with E-state index in [1.807, 2.05) is 30.3 Å². The second kappa shape index (κ2) is 7.79. The molecule has 2 aromatic carbocycles. The molecule has 0 aromatic heterocycles. The van der Waals surface area contributed by atoms with Crippen molar-refractivity contribution in [2.75, 3.05) is 19.5 Å². The topological polar surface area (TPSA) is 58.6 Å². The predicted octanol–water partition coefficient (Wildman–Crippen LogP) is 3.90. The van der Waals surface area contributed by atoms with Gasteiger partial charge in [-0.3, -0.25) is 9.59 Å². The van der Waals surface area contributed by atoms with E-state index in [4.69, 9.17) is 16.3 Å². The highest BCUT2D eigenvalue weighted by Crippen LogP contribution is 2.37. The maximum absolute atomic E-state index is 13.0. The molecule has 2 atom stereocenters. The summed E-state index contributed by atoms with van der Waals surface area (Å²) in [6.45, 7) is 0. The van der Waals surface area contributed by atoms with E-state index < -0.39 is 0 Å². The molecule has 5 nitrogen and oxygen atoms in total. The van der Waals surface area contributed by atoms with Gasteiger partial charge in [0.25, 0.3) is 0 Å². The molecule has 3 rings (SSSR count). The lowest BCUT2D eigenvalue weighted by atomic mass is 9.84. The highest BCUT2D eigenvalue weighted by molar-refractivity contribution is 6.31. The smallest absolute Gasteiger partial charge is 0.230 e. The quantitative estimate of drug-likeness (QED) is 0.885. The molecule has 136 valence electrons. The minimum absolute atomic E-state index is 0.0447. The summed E-state index contributed by atoms with van der Waals surface area (Å²) in [6.07, 6.45) is 0.849. The molecule has 6 heteroatoms. The Balaban J connectivity index is 1.89. The first-order valence-corrected chi connectivity index (χ1v) is 8.84. The third-order valence-corrected chi connectivity index (χ3v) is 4.99. The van der Waals surface area contributed by atoms with Gasteiger partial charge in [-0.25, -0.2) is 0 Å². The van der Waals surface area contributed by atoms with Crippen molar-refractivity contribution >= 4 is 29.1 Å². The van der Waals surface area contributed by atoms with Gasteiger partial charge in [-0.2, -0.15) is 0 Å². The third kappa shape index (κ3) is 3.68. The van der Waals surface area contributed by atoms with Crippen molar-refractivity contribution in [2.24, 2.45) is 5.92 Å². The number of rotatable bonds is 4. The second-order valence-corrected chi connectivity index (χ2v) is 6.78. The van der Waals surface area contributed by atoms with Crippen molar-refractivity contribution in [2.45, 2.75) is 18.9 Å². The normalized spacial score (nSPS) is 20.0. The first-order chi connectivity index (χ1) is 12.5. The molecule has 2 unspecified atom stereocenters. The van der Waals surface area contributed by atoms with E-state index in [-0.39, 0.29) is 23.8 Å². The van der Waals surface area contributed by atoms with Gasteiger partial charge in [-0.15, -0.1) is 0 Å². The number of ether oxygens (including phenoxy) is 1. The molecule has 0 aliphatic carbocycles. The van der Waals surface area contributed by atoms with Gasteiger partial charge < -0.3 is 15.0 Å². The molecule has 1 aliphatic heterocycles. The Labute approximate surface area is 157 Å². The highest BCUT2D eigenvalue weighted by atomic mass is 35.5. The number of carbonyl (C=O) groups is 2. The molecule has 0 saturated carbocycles. The number of amides is 2. The average Bonchev–Trinajstić information content (AvgIpc) is 2.64. The molecule has 1 heterocycles. The van der Waals surface area contributed by atoms with Crippen molar-refractivity contribution in [3.63, 3.8) is 0 Å². The average molecular weight is 373 g/mol. The monoisotopic (exact) mass is 372 g/mol. The highest BCUT2D eigenvalue weighted by Gasteiger charge is 2.38. The number of anilines is 1. The Hall–Kier alpha value is -2.53. The van der Waals surface area contributed by atoms with E-state index in [0.717, 1.165) is 5.56 Å². The van der Waals surface area contributed by atoms with Gasteiger partial charge in [0.05, 0.1) is 24.8 Å². The summed E-state index contributed by atoms with van der Waals surface area (Å²) in [5, 5.41) is 3.43. The molecule has 26 heavy (non-hydrogen) atoms. The predicted molar refractivity (Wildman–Crippen MR) is 101 cm³/mol. The van der Waals surface area contributed by atoms with E-state index >= 15 is 0 Å². The fourth-order valence-electron chi connectivity index (χ4n) is 3.42. The molecule has 1 saturated heterocycles. The summed E-state index contributed by atoms with van der Waals surface area (Å²) >= 11 is 6.05. The van der Waals surface area contributed by atoms with Crippen LogP contribution in [0.5, 0.6) is 5.75 Å². The zero-order valence-corrected chi connectivity index (χ0v) is 15.5. The molecule has 1 fully saturated rings. The molecule has 0 bridgehead atoms. The maximum Gasteiger partial charge on any atom is 0.230 e. The zero-order chi connectivity index (χ0) is 18.7. The molecule has 2 amide bonds. The number of carbonyl (C=O) groups excluding carboxylic acids is 2. The number of hydrogen-bond donors (Lipinski definition) is 1. The Kier molecular flexibility index (Phi) is 5.47. The van der Waals surface area contributed by atoms with Gasteiger partial charge in [0.15, 0.2) is 0 Å². The van der Waals surface area contributed by atoms with E-state index in [1.165, 1.54) is 0 Å². The van der Waals surface area contributed by atoms with E-state index in [9.17, 15) is 9.59 Å². The van der Waals surface area contributed by atoms with Crippen LogP contribution in [0.2, 0.25) is 5.02 Å². The number of likely N-dealkylation sites (tertiary alicyclic amines) is 1. The molecular formula is C20H21ClN2O3. The molecule has 0 radical (unpaired) electrons. The molecule has 2 aromatic rings. The number of nitrogens with one attached hydrogen (secondary N) is 1. The number of piperidine rings is 1. The fourth-order valence-corrected chi connectivity index (χ4v) is 3.59. The van der Waals surface area contributed by atoms with Crippen LogP contribution in [0.4, 0.5) is 5.69 Å². The summed E-state index contributed by atoms with van der Waals surface area (Å²) in [4.78, 5) is 26.9. The summed E-state index contributed by atoms with van der Waals surface area (Å²) in [5.74, 6) is 0.0741. The lowest BCUT2D eigenvalue weighted by molar-refractivity contribution is -0.140. The van der Waals surface area contributed by atoms with Crippen molar-refractivity contribution in [3.05, 3.63) is 59.1 Å². The number of methoxy groups -OCH3 is 1. The van der Waals surface area contributed by atoms with Crippen LogP contribution in [0, 0.1) is 5.92 Å². The molecule has 0 spiro atoms. The summed E-state index contributed by atoms with van der Waals surface area (Å²) in [5.41, 5.74) is 1.47. The van der Waals surface area contributed by atoms with Crippen LogP contribution in [0.1, 0.15) is 24.4 Å². The van der Waals surface area contributed by atoms with Crippen LogP contribution >= 0.6 is 11.6 Å². The van der Waals surface area contributed by atoms with E-state index in [2.05, 4.69) is 5.32 Å². The Bertz CT molecular complexity index is 810. The van der Waals surface area contributed by atoms with Crippen LogP contribution in [0.25, 0.3) is 0 Å². The Morgan fingerprint density at radius 3 is 2.65 bits per heavy atom. The minimum atomic E-state index is -0.358. The maximum atomic E-state index is 13.0. The van der Waals surface area contributed by atoms with Crippen LogP contribution < -0.4 is 10.1 Å². The van der Waals surface area contributed by atoms with Crippen molar-refractivity contribution in [1.29, 1.82) is 0 Å². The number of benzene rings is 2. The minimum Gasteiger partial charge on any atom is -0.495 e. The fraction of sp³-hybridized carbons (Fsp3) is 0.300. The Morgan fingerprint density at radius 1 is 1.23 bits per heavy atom. The lowest BCUT2D eigenvalue weighted by Gasteiger charge is -2.38. The first-order valence-electron chi connectivity index (χ1n) is 8.46. The molecular weight excluding hydrogens is 352 g/mol. The van der Waals surface area contributed by atoms with Crippen LogP contribution in [0.15, 0.2) is 48.5 Å².